The van der Waals surface area contributed by atoms with Crippen LogP contribution in [0.1, 0.15) is 13.8 Å². The Morgan fingerprint density at radius 1 is 1.60 bits per heavy atom. The highest BCUT2D eigenvalue weighted by Crippen LogP contribution is 1.96. The first kappa shape index (κ1) is 14.1. The molecule has 0 rings (SSSR count). The Labute approximate surface area is 88.4 Å². The molecule has 1 atom stereocenters. The van der Waals surface area contributed by atoms with Crippen LogP contribution in [-0.4, -0.2) is 33.0 Å². The largest absolute Gasteiger partial charge is 0.461 e. The molecule has 0 saturated carbocycles. The molecule has 1 unspecified atom stereocenters. The van der Waals surface area contributed by atoms with Gasteiger partial charge in [0.25, 0.3) is 0 Å². The molecule has 0 aliphatic carbocycles. The number of hydrogen-bond donors (Lipinski definition) is 1. The molecule has 0 fully saturated rings. The third kappa shape index (κ3) is 6.19. The molecule has 1 N–H and O–H groups in total. The van der Waals surface area contributed by atoms with Gasteiger partial charge in [-0.05, 0) is 13.8 Å². The van der Waals surface area contributed by atoms with E-state index < -0.39 is 28.0 Å². The Morgan fingerprint density at radius 3 is 2.53 bits per heavy atom. The smallest absolute Gasteiger partial charge is 0.333 e. The molecule has 7 heteroatoms. The minimum absolute atomic E-state index is 0.162. The number of ether oxygens (including phenoxy) is 1. The van der Waals surface area contributed by atoms with E-state index in [9.17, 15) is 17.6 Å². The van der Waals surface area contributed by atoms with Gasteiger partial charge in [0.2, 0.25) is 16.0 Å². The van der Waals surface area contributed by atoms with Crippen molar-refractivity contribution < 1.29 is 22.3 Å². The fourth-order valence-electron chi connectivity index (χ4n) is 0.696. The zero-order valence-corrected chi connectivity index (χ0v) is 9.43. The quantitative estimate of drug-likeness (QED) is 0.536. The van der Waals surface area contributed by atoms with Gasteiger partial charge >= 0.3 is 5.97 Å². The van der Waals surface area contributed by atoms with Crippen LogP contribution in [0.4, 0.5) is 4.39 Å². The summed E-state index contributed by atoms with van der Waals surface area (Å²) in [6.45, 7) is 6.12. The van der Waals surface area contributed by atoms with Crippen LogP contribution < -0.4 is 4.72 Å². The number of alkyl halides is 1. The average Bonchev–Trinajstić information content (AvgIpc) is 2.13. The van der Waals surface area contributed by atoms with E-state index >= 15 is 0 Å². The van der Waals surface area contributed by atoms with Gasteiger partial charge in [-0.3, -0.25) is 0 Å². The summed E-state index contributed by atoms with van der Waals surface area (Å²) in [6, 6.07) is -2.17. The number of carbonyl (C=O) groups excluding carboxylic acids is 1. The third-order valence-corrected chi connectivity index (χ3v) is 2.39. The van der Waals surface area contributed by atoms with Crippen molar-refractivity contribution in [3.8, 4) is 0 Å². The molecule has 0 aromatic heterocycles. The molecule has 0 aromatic rings. The normalized spacial score (nSPS) is 13.3. The molecular weight excluding hydrogens is 225 g/mol. The molecule has 5 nitrogen and oxygen atoms in total. The van der Waals surface area contributed by atoms with Crippen molar-refractivity contribution in [2.75, 3.05) is 12.6 Å². The average molecular weight is 239 g/mol. The second kappa shape index (κ2) is 5.82. The highest BCUT2D eigenvalue weighted by Gasteiger charge is 2.15. The van der Waals surface area contributed by atoms with Crippen molar-refractivity contribution >= 4 is 16.0 Å². The first-order chi connectivity index (χ1) is 6.78. The van der Waals surface area contributed by atoms with E-state index in [1.807, 2.05) is 4.72 Å². The molecule has 88 valence electrons. The maximum atomic E-state index is 11.9. The van der Waals surface area contributed by atoms with Gasteiger partial charge in [0.1, 0.15) is 6.61 Å². The van der Waals surface area contributed by atoms with Crippen molar-refractivity contribution in [1.29, 1.82) is 0 Å². The molecule has 0 aromatic carbocycles. The fourth-order valence-corrected chi connectivity index (χ4v) is 1.44. The Hall–Kier alpha value is -0.950. The van der Waals surface area contributed by atoms with Crippen molar-refractivity contribution in [3.05, 3.63) is 12.2 Å². The number of esters is 1. The van der Waals surface area contributed by atoms with Crippen molar-refractivity contribution in [2.45, 2.75) is 19.9 Å². The van der Waals surface area contributed by atoms with Crippen LogP contribution >= 0.6 is 0 Å². The van der Waals surface area contributed by atoms with Crippen LogP contribution in [0.5, 0.6) is 0 Å². The summed E-state index contributed by atoms with van der Waals surface area (Å²) < 4.78 is 40.0. The van der Waals surface area contributed by atoms with E-state index in [1.54, 1.807) is 0 Å². The monoisotopic (exact) mass is 239 g/mol. The van der Waals surface area contributed by atoms with Gasteiger partial charge in [0.15, 0.2) is 0 Å². The number of rotatable bonds is 6. The van der Waals surface area contributed by atoms with E-state index in [2.05, 4.69) is 11.3 Å². The molecular formula is C8H14FNO4S. The zero-order chi connectivity index (χ0) is 12.1. The topological polar surface area (TPSA) is 72.5 Å². The van der Waals surface area contributed by atoms with Crippen LogP contribution in [0.3, 0.4) is 0 Å². The molecule has 0 amide bonds. The fraction of sp³-hybridized carbons (Fsp3) is 0.625. The lowest BCUT2D eigenvalue weighted by Gasteiger charge is -2.12. The summed E-state index contributed by atoms with van der Waals surface area (Å²) in [4.78, 5) is 10.9. The van der Waals surface area contributed by atoms with Gasteiger partial charge in [-0.15, -0.1) is 0 Å². The molecule has 0 aliphatic rings. The van der Waals surface area contributed by atoms with Crippen LogP contribution in [0.25, 0.3) is 0 Å². The SMILES string of the molecule is C=C(C)C(=O)OCC(C)NS(=O)(=O)CF. The number of sulfonamides is 1. The lowest BCUT2D eigenvalue weighted by molar-refractivity contribution is -0.139. The summed E-state index contributed by atoms with van der Waals surface area (Å²) in [5, 5.41) is 0. The first-order valence-electron chi connectivity index (χ1n) is 4.17. The highest BCUT2D eigenvalue weighted by atomic mass is 32.2. The van der Waals surface area contributed by atoms with Crippen LogP contribution in [0, 0.1) is 0 Å². The molecule has 0 radical (unpaired) electrons. The highest BCUT2D eigenvalue weighted by molar-refractivity contribution is 7.89. The van der Waals surface area contributed by atoms with Gasteiger partial charge < -0.3 is 4.74 Å². The summed E-state index contributed by atoms with van der Waals surface area (Å²) in [6.07, 6.45) is 0. The number of hydrogen-bond acceptors (Lipinski definition) is 4. The lowest BCUT2D eigenvalue weighted by Crippen LogP contribution is -2.37. The number of nitrogens with one attached hydrogen (secondary N) is 1. The summed E-state index contributed by atoms with van der Waals surface area (Å²) in [7, 11) is -3.92. The van der Waals surface area contributed by atoms with E-state index in [0.717, 1.165) is 0 Å². The minimum Gasteiger partial charge on any atom is -0.461 e. The predicted octanol–water partition coefficient (Wildman–Crippen LogP) is 0.341. The molecule has 0 spiro atoms. The summed E-state index contributed by atoms with van der Waals surface area (Å²) in [5.74, 6) is -0.610. The van der Waals surface area contributed by atoms with Gasteiger partial charge in [-0.25, -0.2) is 22.3 Å². The summed E-state index contributed by atoms with van der Waals surface area (Å²) >= 11 is 0. The van der Waals surface area contributed by atoms with Crippen LogP contribution in [0.2, 0.25) is 0 Å². The van der Waals surface area contributed by atoms with E-state index in [4.69, 9.17) is 0 Å². The second-order valence-corrected chi connectivity index (χ2v) is 4.80. The Bertz CT molecular complexity index is 339. The summed E-state index contributed by atoms with van der Waals surface area (Å²) in [5.41, 5.74) is 0.218. The number of halogens is 1. The van der Waals surface area contributed by atoms with Gasteiger partial charge in [0, 0.05) is 5.57 Å². The predicted molar refractivity (Wildman–Crippen MR) is 53.3 cm³/mol. The lowest BCUT2D eigenvalue weighted by atomic mass is 10.3. The van der Waals surface area contributed by atoms with Gasteiger partial charge in [-0.1, -0.05) is 6.58 Å². The molecule has 0 heterocycles. The van der Waals surface area contributed by atoms with Gasteiger partial charge in [-0.2, -0.15) is 0 Å². The van der Waals surface area contributed by atoms with Crippen LogP contribution in [-0.2, 0) is 19.6 Å². The number of carbonyl (C=O) groups is 1. The standard InChI is InChI=1S/C8H14FNO4S/c1-6(2)8(11)14-4-7(3)10-15(12,13)5-9/h7,10H,1,4-5H2,2-3H3. The maximum absolute atomic E-state index is 11.9. The molecule has 0 saturated heterocycles. The van der Waals surface area contributed by atoms with E-state index in [-0.39, 0.29) is 12.2 Å². The van der Waals surface area contributed by atoms with E-state index in [1.165, 1.54) is 13.8 Å². The molecule has 15 heavy (non-hydrogen) atoms. The van der Waals surface area contributed by atoms with Crippen molar-refractivity contribution in [2.24, 2.45) is 0 Å². The van der Waals surface area contributed by atoms with E-state index in [0.29, 0.717) is 0 Å². The minimum atomic E-state index is -3.92. The maximum Gasteiger partial charge on any atom is 0.333 e. The first-order valence-corrected chi connectivity index (χ1v) is 5.82. The third-order valence-electron chi connectivity index (χ3n) is 1.34. The van der Waals surface area contributed by atoms with Crippen molar-refractivity contribution in [1.82, 2.24) is 4.72 Å². The Balaban J connectivity index is 4.01. The zero-order valence-electron chi connectivity index (χ0n) is 8.62. The second-order valence-electron chi connectivity index (χ2n) is 3.12. The Morgan fingerprint density at radius 2 is 2.13 bits per heavy atom. The molecule has 0 aliphatic heterocycles. The van der Waals surface area contributed by atoms with Gasteiger partial charge in [0.05, 0.1) is 6.04 Å². The molecule has 0 bridgehead atoms. The van der Waals surface area contributed by atoms with Crippen molar-refractivity contribution in [3.63, 3.8) is 0 Å². The Kier molecular flexibility index (Phi) is 5.45. The van der Waals surface area contributed by atoms with Crippen LogP contribution in [0.15, 0.2) is 12.2 Å².